The molecule has 0 atom stereocenters. The number of rotatable bonds is 2. The van der Waals surface area contributed by atoms with Gasteiger partial charge in [0.05, 0.1) is 15.6 Å². The third kappa shape index (κ3) is 3.22. The Balaban J connectivity index is 2.16. The molecule has 0 saturated heterocycles. The van der Waals surface area contributed by atoms with Gasteiger partial charge in [-0.3, -0.25) is 4.79 Å². The predicted molar refractivity (Wildman–Crippen MR) is 73.4 cm³/mol. The van der Waals surface area contributed by atoms with Gasteiger partial charge < -0.3 is 5.32 Å². The molecule has 0 spiro atoms. The van der Waals surface area contributed by atoms with E-state index in [2.05, 4.69) is 10.3 Å². The maximum atomic E-state index is 11.9. The maximum Gasteiger partial charge on any atom is 0.256 e. The summed E-state index contributed by atoms with van der Waals surface area (Å²) in [6.45, 7) is 0. The zero-order chi connectivity index (χ0) is 13.8. The predicted octanol–water partition coefficient (Wildman–Crippen LogP) is 3.51. The summed E-state index contributed by atoms with van der Waals surface area (Å²) in [5, 5.41) is 11.9. The number of carbonyl (C=O) groups is 1. The number of carbonyl (C=O) groups excluding carboxylic acids is 1. The third-order valence-electron chi connectivity index (χ3n) is 2.32. The lowest BCUT2D eigenvalue weighted by Crippen LogP contribution is -2.12. The molecular formula is C13H7Cl2N3O. The minimum Gasteiger partial charge on any atom is -0.307 e. The number of anilines is 1. The van der Waals surface area contributed by atoms with Crippen LogP contribution in [0.15, 0.2) is 36.5 Å². The van der Waals surface area contributed by atoms with Crippen molar-refractivity contribution in [3.05, 3.63) is 57.7 Å². The molecule has 6 heteroatoms. The number of hydrogen-bond donors (Lipinski definition) is 1. The molecule has 0 aliphatic rings. The lowest BCUT2D eigenvalue weighted by molar-refractivity contribution is 0.102. The highest BCUT2D eigenvalue weighted by atomic mass is 35.5. The number of nitriles is 1. The normalized spacial score (nSPS) is 9.74. The Hall–Kier alpha value is -2.09. The van der Waals surface area contributed by atoms with Crippen molar-refractivity contribution in [3.8, 4) is 6.07 Å². The lowest BCUT2D eigenvalue weighted by atomic mass is 10.2. The number of hydrogen-bond acceptors (Lipinski definition) is 3. The van der Waals surface area contributed by atoms with Crippen molar-refractivity contribution in [1.29, 1.82) is 5.26 Å². The van der Waals surface area contributed by atoms with E-state index in [1.807, 2.05) is 6.07 Å². The Morgan fingerprint density at radius 2 is 2.00 bits per heavy atom. The van der Waals surface area contributed by atoms with E-state index >= 15 is 0 Å². The molecule has 0 fully saturated rings. The largest absolute Gasteiger partial charge is 0.307 e. The summed E-state index contributed by atoms with van der Waals surface area (Å²) >= 11 is 11.6. The SMILES string of the molecule is N#Cc1ccc(NC(=O)c2ccc(Cl)c(Cl)c2)nc1. The van der Waals surface area contributed by atoms with Crippen LogP contribution in [0.5, 0.6) is 0 Å². The number of aromatic nitrogens is 1. The summed E-state index contributed by atoms with van der Waals surface area (Å²) in [6.07, 6.45) is 1.38. The van der Waals surface area contributed by atoms with Crippen LogP contribution in [-0.2, 0) is 0 Å². The topological polar surface area (TPSA) is 65.8 Å². The summed E-state index contributed by atoms with van der Waals surface area (Å²) in [7, 11) is 0. The second kappa shape index (κ2) is 5.70. The van der Waals surface area contributed by atoms with Gasteiger partial charge in [-0.05, 0) is 30.3 Å². The molecule has 0 aliphatic carbocycles. The molecule has 19 heavy (non-hydrogen) atoms. The fourth-order valence-corrected chi connectivity index (χ4v) is 1.66. The van der Waals surface area contributed by atoms with Gasteiger partial charge in [-0.1, -0.05) is 23.2 Å². The third-order valence-corrected chi connectivity index (χ3v) is 3.06. The minimum absolute atomic E-state index is 0.308. The van der Waals surface area contributed by atoms with E-state index in [1.54, 1.807) is 24.3 Å². The van der Waals surface area contributed by atoms with Crippen LogP contribution in [-0.4, -0.2) is 10.9 Å². The second-order valence-corrected chi connectivity index (χ2v) is 4.44. The Morgan fingerprint density at radius 1 is 1.21 bits per heavy atom. The zero-order valence-corrected chi connectivity index (χ0v) is 11.0. The summed E-state index contributed by atoms with van der Waals surface area (Å²) in [4.78, 5) is 15.9. The summed E-state index contributed by atoms with van der Waals surface area (Å²) in [6, 6.07) is 9.65. The van der Waals surface area contributed by atoms with Gasteiger partial charge in [0.25, 0.3) is 5.91 Å². The van der Waals surface area contributed by atoms with E-state index in [-0.39, 0.29) is 5.91 Å². The highest BCUT2D eigenvalue weighted by Gasteiger charge is 2.09. The molecule has 94 valence electrons. The monoisotopic (exact) mass is 291 g/mol. The van der Waals surface area contributed by atoms with Gasteiger partial charge in [-0.15, -0.1) is 0 Å². The van der Waals surface area contributed by atoms with Gasteiger partial charge in [-0.25, -0.2) is 4.98 Å². The van der Waals surface area contributed by atoms with Crippen molar-refractivity contribution in [2.24, 2.45) is 0 Å². The fraction of sp³-hybridized carbons (Fsp3) is 0. The first-order valence-corrected chi connectivity index (χ1v) is 5.98. The van der Waals surface area contributed by atoms with E-state index in [0.29, 0.717) is 27.0 Å². The molecule has 4 nitrogen and oxygen atoms in total. The molecule has 0 radical (unpaired) electrons. The van der Waals surface area contributed by atoms with Crippen LogP contribution in [0.3, 0.4) is 0 Å². The number of nitrogens with one attached hydrogen (secondary N) is 1. The molecule has 1 amide bonds. The van der Waals surface area contributed by atoms with Gasteiger partial charge in [0.1, 0.15) is 11.9 Å². The standard InChI is InChI=1S/C13H7Cl2N3O/c14-10-3-2-9(5-11(10)15)13(19)18-12-4-1-8(6-16)7-17-12/h1-5,7H,(H,17,18,19). The first-order chi connectivity index (χ1) is 9.10. The Morgan fingerprint density at radius 3 is 2.58 bits per heavy atom. The minimum atomic E-state index is -0.351. The van der Waals surface area contributed by atoms with E-state index < -0.39 is 0 Å². The molecule has 0 aliphatic heterocycles. The Kier molecular flexibility index (Phi) is 4.00. The van der Waals surface area contributed by atoms with Gasteiger partial charge in [0, 0.05) is 11.8 Å². The average molecular weight is 292 g/mol. The van der Waals surface area contributed by atoms with E-state index in [4.69, 9.17) is 28.5 Å². The molecule has 1 N–H and O–H groups in total. The Bertz CT molecular complexity index is 663. The van der Waals surface area contributed by atoms with Crippen molar-refractivity contribution < 1.29 is 4.79 Å². The Labute approximate surface area is 119 Å². The molecule has 2 rings (SSSR count). The number of halogens is 2. The van der Waals surface area contributed by atoms with Gasteiger partial charge in [-0.2, -0.15) is 5.26 Å². The van der Waals surface area contributed by atoms with Gasteiger partial charge in [0.15, 0.2) is 0 Å². The number of amides is 1. The van der Waals surface area contributed by atoms with Crippen LogP contribution in [0.4, 0.5) is 5.82 Å². The molecular weight excluding hydrogens is 285 g/mol. The summed E-state index contributed by atoms with van der Waals surface area (Å²) in [5.41, 5.74) is 0.799. The maximum absolute atomic E-state index is 11.9. The molecule has 0 unspecified atom stereocenters. The van der Waals surface area contributed by atoms with Gasteiger partial charge in [0.2, 0.25) is 0 Å². The van der Waals surface area contributed by atoms with Crippen LogP contribution >= 0.6 is 23.2 Å². The number of benzene rings is 1. The highest BCUT2D eigenvalue weighted by molar-refractivity contribution is 6.42. The van der Waals surface area contributed by atoms with Crippen molar-refractivity contribution in [2.75, 3.05) is 5.32 Å². The van der Waals surface area contributed by atoms with Crippen molar-refractivity contribution in [3.63, 3.8) is 0 Å². The molecule has 1 aromatic carbocycles. The van der Waals surface area contributed by atoms with Crippen LogP contribution in [0, 0.1) is 11.3 Å². The molecule has 2 aromatic rings. The lowest BCUT2D eigenvalue weighted by Gasteiger charge is -2.05. The van der Waals surface area contributed by atoms with Crippen LogP contribution in [0.25, 0.3) is 0 Å². The molecule has 0 saturated carbocycles. The highest BCUT2D eigenvalue weighted by Crippen LogP contribution is 2.22. The fourth-order valence-electron chi connectivity index (χ4n) is 1.36. The summed E-state index contributed by atoms with van der Waals surface area (Å²) < 4.78 is 0. The first kappa shape index (κ1) is 13.3. The van der Waals surface area contributed by atoms with Crippen molar-refractivity contribution in [2.45, 2.75) is 0 Å². The molecule has 0 bridgehead atoms. The summed E-state index contributed by atoms with van der Waals surface area (Å²) in [5.74, 6) is 0.00541. The van der Waals surface area contributed by atoms with Crippen LogP contribution in [0.2, 0.25) is 10.0 Å². The molecule has 1 aromatic heterocycles. The van der Waals surface area contributed by atoms with E-state index in [1.165, 1.54) is 12.3 Å². The van der Waals surface area contributed by atoms with E-state index in [9.17, 15) is 4.79 Å². The van der Waals surface area contributed by atoms with Crippen molar-refractivity contribution in [1.82, 2.24) is 4.98 Å². The van der Waals surface area contributed by atoms with Crippen LogP contribution < -0.4 is 5.32 Å². The first-order valence-electron chi connectivity index (χ1n) is 5.22. The second-order valence-electron chi connectivity index (χ2n) is 3.63. The number of nitrogens with zero attached hydrogens (tertiary/aromatic N) is 2. The van der Waals surface area contributed by atoms with E-state index in [0.717, 1.165) is 0 Å². The molecule has 1 heterocycles. The average Bonchev–Trinajstić information content (AvgIpc) is 2.42. The number of pyridine rings is 1. The zero-order valence-electron chi connectivity index (χ0n) is 9.52. The smallest absolute Gasteiger partial charge is 0.256 e. The van der Waals surface area contributed by atoms with Crippen molar-refractivity contribution >= 4 is 34.9 Å². The quantitative estimate of drug-likeness (QED) is 0.921. The van der Waals surface area contributed by atoms with Gasteiger partial charge >= 0.3 is 0 Å². The van der Waals surface area contributed by atoms with Crippen LogP contribution in [0.1, 0.15) is 15.9 Å².